The van der Waals surface area contributed by atoms with Gasteiger partial charge >= 0.3 is 7.12 Å². The highest BCUT2D eigenvalue weighted by Crippen LogP contribution is 2.36. The molecule has 0 N–H and O–H groups in total. The number of alkyl halides is 1. The maximum absolute atomic E-state index is 5.89. The molecule has 2 rings (SSSR count). The van der Waals surface area contributed by atoms with Crippen molar-refractivity contribution in [2.75, 3.05) is 0 Å². The summed E-state index contributed by atoms with van der Waals surface area (Å²) in [6.07, 6.45) is 3.44. The predicted molar refractivity (Wildman–Crippen MR) is 70.4 cm³/mol. The van der Waals surface area contributed by atoms with Crippen LogP contribution in [0.4, 0.5) is 0 Å². The van der Waals surface area contributed by atoms with Crippen molar-refractivity contribution in [3.8, 4) is 0 Å². The van der Waals surface area contributed by atoms with E-state index in [9.17, 15) is 0 Å². The topological polar surface area (TPSA) is 44.2 Å². The number of halogens is 1. The van der Waals surface area contributed by atoms with E-state index < -0.39 is 7.12 Å². The fourth-order valence-corrected chi connectivity index (χ4v) is 1.81. The molecule has 6 heteroatoms. The van der Waals surface area contributed by atoms with Crippen molar-refractivity contribution in [1.82, 2.24) is 9.97 Å². The van der Waals surface area contributed by atoms with Crippen molar-refractivity contribution >= 4 is 28.6 Å². The van der Waals surface area contributed by atoms with Gasteiger partial charge in [0.25, 0.3) is 0 Å². The quantitative estimate of drug-likeness (QED) is 0.615. The molecule has 1 fully saturated rings. The molecular formula is C11H16BBrN2O2. The van der Waals surface area contributed by atoms with E-state index in [1.165, 1.54) is 0 Å². The number of rotatable bonds is 2. The molecule has 17 heavy (non-hydrogen) atoms. The SMILES string of the molecule is CC1(C)OB(c2cnc(CBr)cn2)OC1(C)C. The Kier molecular flexibility index (Phi) is 3.31. The molecule has 0 bridgehead atoms. The lowest BCUT2D eigenvalue weighted by Crippen LogP contribution is -2.41. The van der Waals surface area contributed by atoms with Crippen LogP contribution >= 0.6 is 15.9 Å². The maximum Gasteiger partial charge on any atom is 0.516 e. The third-order valence-corrected chi connectivity index (χ3v) is 3.93. The van der Waals surface area contributed by atoms with E-state index in [0.717, 1.165) is 5.69 Å². The summed E-state index contributed by atoms with van der Waals surface area (Å²) in [6.45, 7) is 8.08. The average molecular weight is 299 g/mol. The lowest BCUT2D eigenvalue weighted by Gasteiger charge is -2.32. The van der Waals surface area contributed by atoms with E-state index in [-0.39, 0.29) is 11.2 Å². The molecule has 2 heterocycles. The van der Waals surface area contributed by atoms with Crippen molar-refractivity contribution in [3.63, 3.8) is 0 Å². The standard InChI is InChI=1S/C11H16BBrN2O2/c1-10(2)11(3,4)17-12(16-10)9-7-14-8(5-13)6-15-9/h6-7H,5H2,1-4H3. The van der Waals surface area contributed by atoms with Gasteiger partial charge in [0, 0.05) is 17.7 Å². The largest absolute Gasteiger partial charge is 0.516 e. The molecule has 4 nitrogen and oxygen atoms in total. The summed E-state index contributed by atoms with van der Waals surface area (Å²) in [5, 5.41) is 0.698. The van der Waals surface area contributed by atoms with Gasteiger partial charge in [-0.15, -0.1) is 0 Å². The molecule has 0 amide bonds. The second-order valence-corrected chi connectivity index (χ2v) is 5.72. The Labute approximate surface area is 110 Å². The first-order valence-corrected chi connectivity index (χ1v) is 6.70. The van der Waals surface area contributed by atoms with E-state index in [0.29, 0.717) is 10.9 Å². The minimum atomic E-state index is -0.433. The van der Waals surface area contributed by atoms with E-state index >= 15 is 0 Å². The second kappa shape index (κ2) is 4.33. The first kappa shape index (κ1) is 13.0. The first-order valence-electron chi connectivity index (χ1n) is 5.58. The van der Waals surface area contributed by atoms with E-state index in [1.54, 1.807) is 12.4 Å². The van der Waals surface area contributed by atoms with Gasteiger partial charge in [-0.2, -0.15) is 0 Å². The van der Waals surface area contributed by atoms with Gasteiger partial charge in [-0.05, 0) is 27.7 Å². The van der Waals surface area contributed by atoms with Crippen LogP contribution in [0.5, 0.6) is 0 Å². The van der Waals surface area contributed by atoms with E-state index in [1.807, 2.05) is 27.7 Å². The molecule has 0 unspecified atom stereocenters. The van der Waals surface area contributed by atoms with Crippen LogP contribution in [0, 0.1) is 0 Å². The number of hydrogen-bond donors (Lipinski definition) is 0. The number of aromatic nitrogens is 2. The summed E-state index contributed by atoms with van der Waals surface area (Å²) in [6, 6.07) is 0. The second-order valence-electron chi connectivity index (χ2n) is 5.15. The lowest BCUT2D eigenvalue weighted by molar-refractivity contribution is 0.00578. The maximum atomic E-state index is 5.89. The fourth-order valence-electron chi connectivity index (χ4n) is 1.52. The third-order valence-electron chi connectivity index (χ3n) is 3.36. The summed E-state index contributed by atoms with van der Waals surface area (Å²) in [7, 11) is -0.433. The van der Waals surface area contributed by atoms with Crippen molar-refractivity contribution in [2.24, 2.45) is 0 Å². The van der Waals surface area contributed by atoms with Gasteiger partial charge in [0.05, 0.1) is 22.5 Å². The smallest absolute Gasteiger partial charge is 0.398 e. The molecule has 0 aliphatic carbocycles. The van der Waals surface area contributed by atoms with E-state index in [4.69, 9.17) is 9.31 Å². The molecule has 1 saturated heterocycles. The lowest BCUT2D eigenvalue weighted by atomic mass is 9.85. The van der Waals surface area contributed by atoms with Crippen LogP contribution < -0.4 is 5.59 Å². The predicted octanol–water partition coefficient (Wildman–Crippen LogP) is 1.67. The molecule has 1 aromatic rings. The number of hydrogen-bond acceptors (Lipinski definition) is 4. The Balaban J connectivity index is 2.20. The van der Waals surface area contributed by atoms with Crippen LogP contribution in [0.3, 0.4) is 0 Å². The molecule has 0 aromatic carbocycles. The Morgan fingerprint density at radius 2 is 1.71 bits per heavy atom. The molecule has 0 saturated carbocycles. The molecule has 92 valence electrons. The van der Waals surface area contributed by atoms with Crippen molar-refractivity contribution < 1.29 is 9.31 Å². The molecule has 0 radical (unpaired) electrons. The fraction of sp³-hybridized carbons (Fsp3) is 0.636. The highest BCUT2D eigenvalue weighted by atomic mass is 79.9. The highest BCUT2D eigenvalue weighted by Gasteiger charge is 2.52. The van der Waals surface area contributed by atoms with Crippen LogP contribution in [0.2, 0.25) is 0 Å². The van der Waals surface area contributed by atoms with Gasteiger partial charge < -0.3 is 9.31 Å². The minimum absolute atomic E-state index is 0.340. The van der Waals surface area contributed by atoms with Gasteiger partial charge in [0.15, 0.2) is 0 Å². The molecule has 0 atom stereocenters. The zero-order valence-electron chi connectivity index (χ0n) is 10.5. The van der Waals surface area contributed by atoms with Gasteiger partial charge in [0.1, 0.15) is 0 Å². The van der Waals surface area contributed by atoms with Gasteiger partial charge in [-0.25, -0.2) is 0 Å². The van der Waals surface area contributed by atoms with Crippen LogP contribution in [0.25, 0.3) is 0 Å². The van der Waals surface area contributed by atoms with Gasteiger partial charge in [-0.1, -0.05) is 15.9 Å². The summed E-state index contributed by atoms with van der Waals surface area (Å²) in [5.41, 5.74) is 0.930. The van der Waals surface area contributed by atoms with Gasteiger partial charge in [0.2, 0.25) is 0 Å². The van der Waals surface area contributed by atoms with Crippen molar-refractivity contribution in [2.45, 2.75) is 44.2 Å². The Bertz CT molecular complexity index is 392. The molecule has 0 spiro atoms. The van der Waals surface area contributed by atoms with Crippen molar-refractivity contribution in [3.05, 3.63) is 18.1 Å². The van der Waals surface area contributed by atoms with Crippen LogP contribution in [-0.2, 0) is 14.6 Å². The van der Waals surface area contributed by atoms with Gasteiger partial charge in [-0.3, -0.25) is 9.97 Å². The zero-order valence-corrected chi connectivity index (χ0v) is 12.1. The monoisotopic (exact) mass is 298 g/mol. The third kappa shape index (κ3) is 2.39. The van der Waals surface area contributed by atoms with E-state index in [2.05, 4.69) is 25.9 Å². The Morgan fingerprint density at radius 3 is 2.12 bits per heavy atom. The zero-order chi connectivity index (χ0) is 12.7. The summed E-state index contributed by atoms with van der Waals surface area (Å²) >= 11 is 3.34. The molecular weight excluding hydrogens is 283 g/mol. The Hall–Kier alpha value is -0.455. The molecule has 1 aromatic heterocycles. The first-order chi connectivity index (χ1) is 7.86. The van der Waals surface area contributed by atoms with Crippen LogP contribution in [0.15, 0.2) is 12.4 Å². The van der Waals surface area contributed by atoms with Crippen LogP contribution in [0.1, 0.15) is 33.4 Å². The highest BCUT2D eigenvalue weighted by molar-refractivity contribution is 9.08. The minimum Gasteiger partial charge on any atom is -0.398 e. The summed E-state index contributed by atoms with van der Waals surface area (Å²) in [5.74, 6) is 0. The number of nitrogens with zero attached hydrogens (tertiary/aromatic N) is 2. The summed E-state index contributed by atoms with van der Waals surface area (Å²) in [4.78, 5) is 8.59. The van der Waals surface area contributed by atoms with Crippen molar-refractivity contribution in [1.29, 1.82) is 0 Å². The normalized spacial score (nSPS) is 21.8. The van der Waals surface area contributed by atoms with Crippen LogP contribution in [-0.4, -0.2) is 28.3 Å². The molecule has 1 aliphatic rings. The molecule has 1 aliphatic heterocycles. The Morgan fingerprint density at radius 1 is 1.12 bits per heavy atom. The summed E-state index contributed by atoms with van der Waals surface area (Å²) < 4.78 is 11.8. The average Bonchev–Trinajstić information content (AvgIpc) is 2.48.